The summed E-state index contributed by atoms with van der Waals surface area (Å²) in [5, 5.41) is 4.97. The van der Waals surface area contributed by atoms with Crippen LogP contribution in [0.3, 0.4) is 0 Å². The van der Waals surface area contributed by atoms with Crippen molar-refractivity contribution in [3.05, 3.63) is 0 Å². The summed E-state index contributed by atoms with van der Waals surface area (Å²) in [7, 11) is 2.93. The summed E-state index contributed by atoms with van der Waals surface area (Å²) >= 11 is 0. The molecular weight excluding hydrogens is 224 g/mol. The van der Waals surface area contributed by atoms with Crippen LogP contribution in [0.25, 0.3) is 0 Å². The largest absolute Gasteiger partial charge is 0.354 e. The maximum absolute atomic E-state index is 11.3. The van der Waals surface area contributed by atoms with Gasteiger partial charge in [-0.3, -0.25) is 9.59 Å². The number of methoxy groups -OCH3 is 2. The standard InChI is InChI=1S/C11H22N2O4/c1-4-5-6-7-12-10(14)11(15)13-8-9(16-2)17-3/h9H,4-8H2,1-3H3,(H,12,14)(H,13,15). The lowest BCUT2D eigenvalue weighted by molar-refractivity contribution is -0.141. The van der Waals surface area contributed by atoms with E-state index >= 15 is 0 Å². The molecule has 0 aliphatic heterocycles. The van der Waals surface area contributed by atoms with E-state index in [4.69, 9.17) is 9.47 Å². The molecule has 0 saturated carbocycles. The van der Waals surface area contributed by atoms with Crippen molar-refractivity contribution in [3.8, 4) is 0 Å². The van der Waals surface area contributed by atoms with Crippen LogP contribution in [0.15, 0.2) is 0 Å². The van der Waals surface area contributed by atoms with Gasteiger partial charge in [0, 0.05) is 20.8 Å². The summed E-state index contributed by atoms with van der Waals surface area (Å²) in [6.07, 6.45) is 2.46. The van der Waals surface area contributed by atoms with Crippen LogP contribution in [0.1, 0.15) is 26.2 Å². The molecule has 0 aliphatic rings. The van der Waals surface area contributed by atoms with Crippen LogP contribution in [0.4, 0.5) is 0 Å². The number of hydrogen-bond donors (Lipinski definition) is 2. The van der Waals surface area contributed by atoms with Gasteiger partial charge in [0.15, 0.2) is 6.29 Å². The zero-order chi connectivity index (χ0) is 13.1. The van der Waals surface area contributed by atoms with Crippen LogP contribution < -0.4 is 10.6 Å². The third-order valence-electron chi connectivity index (χ3n) is 2.23. The molecule has 0 aromatic rings. The highest BCUT2D eigenvalue weighted by Gasteiger charge is 2.14. The van der Waals surface area contributed by atoms with Gasteiger partial charge < -0.3 is 20.1 Å². The summed E-state index contributed by atoms with van der Waals surface area (Å²) in [6, 6.07) is 0. The molecule has 100 valence electrons. The number of ether oxygens (including phenoxy) is 2. The molecule has 0 aliphatic carbocycles. The van der Waals surface area contributed by atoms with Crippen LogP contribution >= 0.6 is 0 Å². The molecule has 0 aromatic carbocycles. The van der Waals surface area contributed by atoms with E-state index in [2.05, 4.69) is 17.6 Å². The second-order valence-electron chi connectivity index (χ2n) is 3.57. The molecule has 2 N–H and O–H groups in total. The van der Waals surface area contributed by atoms with E-state index in [1.165, 1.54) is 14.2 Å². The number of nitrogens with one attached hydrogen (secondary N) is 2. The Bertz CT molecular complexity index is 230. The molecule has 0 aromatic heterocycles. The van der Waals surface area contributed by atoms with Crippen molar-refractivity contribution < 1.29 is 19.1 Å². The fourth-order valence-corrected chi connectivity index (χ4v) is 1.18. The molecule has 6 nitrogen and oxygen atoms in total. The van der Waals surface area contributed by atoms with E-state index in [-0.39, 0.29) is 6.54 Å². The van der Waals surface area contributed by atoms with Crippen molar-refractivity contribution in [1.82, 2.24) is 10.6 Å². The second kappa shape index (κ2) is 10.0. The molecule has 2 amide bonds. The third kappa shape index (κ3) is 7.70. The smallest absolute Gasteiger partial charge is 0.309 e. The lowest BCUT2D eigenvalue weighted by atomic mass is 10.2. The van der Waals surface area contributed by atoms with Gasteiger partial charge in [0.2, 0.25) is 0 Å². The lowest BCUT2D eigenvalue weighted by Gasteiger charge is -2.13. The van der Waals surface area contributed by atoms with Gasteiger partial charge >= 0.3 is 11.8 Å². The number of amides is 2. The predicted molar refractivity (Wildman–Crippen MR) is 63.4 cm³/mol. The average Bonchev–Trinajstić information content (AvgIpc) is 2.35. The van der Waals surface area contributed by atoms with Gasteiger partial charge in [-0.1, -0.05) is 19.8 Å². The zero-order valence-corrected chi connectivity index (χ0v) is 10.7. The Kier molecular flexibility index (Phi) is 9.37. The highest BCUT2D eigenvalue weighted by molar-refractivity contribution is 6.35. The van der Waals surface area contributed by atoms with Crippen molar-refractivity contribution in [3.63, 3.8) is 0 Å². The number of hydrogen-bond acceptors (Lipinski definition) is 4. The maximum Gasteiger partial charge on any atom is 0.309 e. The first-order valence-corrected chi connectivity index (χ1v) is 5.77. The second-order valence-corrected chi connectivity index (χ2v) is 3.57. The maximum atomic E-state index is 11.3. The highest BCUT2D eigenvalue weighted by atomic mass is 16.7. The lowest BCUT2D eigenvalue weighted by Crippen LogP contribution is -2.43. The van der Waals surface area contributed by atoms with E-state index in [1.807, 2.05) is 0 Å². The first-order valence-electron chi connectivity index (χ1n) is 5.77. The first-order chi connectivity index (χ1) is 8.15. The van der Waals surface area contributed by atoms with Crippen molar-refractivity contribution in [2.45, 2.75) is 32.5 Å². The first kappa shape index (κ1) is 15.9. The van der Waals surface area contributed by atoms with E-state index in [9.17, 15) is 9.59 Å². The third-order valence-corrected chi connectivity index (χ3v) is 2.23. The molecule has 0 spiro atoms. The molecule has 0 bridgehead atoms. The summed E-state index contributed by atoms with van der Waals surface area (Å²) in [4.78, 5) is 22.6. The highest BCUT2D eigenvalue weighted by Crippen LogP contribution is 1.91. The van der Waals surface area contributed by atoms with E-state index < -0.39 is 18.1 Å². The molecule has 0 atom stereocenters. The predicted octanol–water partition coefficient (Wildman–Crippen LogP) is 0.0279. The van der Waals surface area contributed by atoms with E-state index in [0.717, 1.165) is 19.3 Å². The van der Waals surface area contributed by atoms with Crippen LogP contribution in [0, 0.1) is 0 Å². The van der Waals surface area contributed by atoms with Crippen LogP contribution in [-0.4, -0.2) is 45.4 Å². The molecule has 6 heteroatoms. The normalized spacial score (nSPS) is 10.4. The molecule has 0 unspecified atom stereocenters. The molecule has 0 heterocycles. The summed E-state index contributed by atoms with van der Waals surface area (Å²) in [6.45, 7) is 2.75. The number of carbonyl (C=O) groups is 2. The molecule has 17 heavy (non-hydrogen) atoms. The van der Waals surface area contributed by atoms with Crippen LogP contribution in [-0.2, 0) is 19.1 Å². The summed E-state index contributed by atoms with van der Waals surface area (Å²) in [5.74, 6) is -1.28. The SMILES string of the molecule is CCCCCNC(=O)C(=O)NCC(OC)OC. The Morgan fingerprint density at radius 1 is 1.06 bits per heavy atom. The minimum atomic E-state index is -0.666. The topological polar surface area (TPSA) is 76.7 Å². The number of unbranched alkanes of at least 4 members (excludes halogenated alkanes) is 2. The Morgan fingerprint density at radius 3 is 2.18 bits per heavy atom. The van der Waals surface area contributed by atoms with E-state index in [0.29, 0.717) is 6.54 Å². The van der Waals surface area contributed by atoms with E-state index in [1.54, 1.807) is 0 Å². The fraction of sp³-hybridized carbons (Fsp3) is 0.818. The summed E-state index contributed by atoms with van der Waals surface area (Å²) in [5.41, 5.74) is 0. The van der Waals surface area contributed by atoms with Crippen LogP contribution in [0.5, 0.6) is 0 Å². The average molecular weight is 246 g/mol. The van der Waals surface area contributed by atoms with Gasteiger partial charge in [0.1, 0.15) is 0 Å². The van der Waals surface area contributed by atoms with Gasteiger partial charge in [-0.15, -0.1) is 0 Å². The van der Waals surface area contributed by atoms with Gasteiger partial charge in [-0.2, -0.15) is 0 Å². The minimum absolute atomic E-state index is 0.147. The monoisotopic (exact) mass is 246 g/mol. The molecule has 0 radical (unpaired) electrons. The van der Waals surface area contributed by atoms with Crippen LogP contribution in [0.2, 0.25) is 0 Å². The van der Waals surface area contributed by atoms with Crippen molar-refractivity contribution in [2.75, 3.05) is 27.3 Å². The molecule has 0 saturated heterocycles. The number of rotatable bonds is 8. The van der Waals surface area contributed by atoms with Crippen molar-refractivity contribution in [1.29, 1.82) is 0 Å². The Balaban J connectivity index is 3.70. The van der Waals surface area contributed by atoms with Gasteiger partial charge in [0.25, 0.3) is 0 Å². The van der Waals surface area contributed by atoms with Gasteiger partial charge in [-0.25, -0.2) is 0 Å². The molecule has 0 rings (SSSR count). The number of carbonyl (C=O) groups excluding carboxylic acids is 2. The summed E-state index contributed by atoms with van der Waals surface area (Å²) < 4.78 is 9.75. The Labute approximate surface area is 102 Å². The van der Waals surface area contributed by atoms with Gasteiger partial charge in [0.05, 0.1) is 6.54 Å². The minimum Gasteiger partial charge on any atom is -0.354 e. The Hall–Kier alpha value is -1.14. The Morgan fingerprint density at radius 2 is 1.65 bits per heavy atom. The van der Waals surface area contributed by atoms with Crippen molar-refractivity contribution in [2.24, 2.45) is 0 Å². The van der Waals surface area contributed by atoms with Crippen molar-refractivity contribution >= 4 is 11.8 Å². The molecular formula is C11H22N2O4. The zero-order valence-electron chi connectivity index (χ0n) is 10.7. The molecule has 0 fully saturated rings. The quantitative estimate of drug-likeness (QED) is 0.360. The van der Waals surface area contributed by atoms with Gasteiger partial charge in [-0.05, 0) is 6.42 Å². The fourth-order valence-electron chi connectivity index (χ4n) is 1.18.